The Balaban J connectivity index is 1.58. The molecule has 8 nitrogen and oxygen atoms in total. The number of likely N-dealkylation sites (N-methyl/N-ethyl adjacent to an activating group) is 1. The van der Waals surface area contributed by atoms with Crippen LogP contribution in [-0.4, -0.2) is 75.6 Å². The molecule has 3 atom stereocenters. The van der Waals surface area contributed by atoms with E-state index in [-0.39, 0.29) is 42.7 Å². The Hall–Kier alpha value is -3.44. The zero-order chi connectivity index (χ0) is 26.4. The van der Waals surface area contributed by atoms with Gasteiger partial charge in [-0.1, -0.05) is 37.7 Å². The van der Waals surface area contributed by atoms with Gasteiger partial charge in [-0.25, -0.2) is 4.98 Å². The van der Waals surface area contributed by atoms with E-state index in [4.69, 9.17) is 4.74 Å². The highest BCUT2D eigenvalue weighted by molar-refractivity contribution is 5.97. The molecule has 37 heavy (non-hydrogen) atoms. The SMILES string of the molecule is C[C@H](CO)N1C[C@H](C)[C@H](CN(C)C(=O)Cc2ccccn2)Oc2ncc(C#CC3CCCC3)cc2C1=O. The molecule has 3 heterocycles. The highest BCUT2D eigenvalue weighted by Gasteiger charge is 2.34. The van der Waals surface area contributed by atoms with Crippen molar-refractivity contribution in [3.05, 3.63) is 53.5 Å². The molecule has 0 spiro atoms. The summed E-state index contributed by atoms with van der Waals surface area (Å²) < 4.78 is 6.31. The first-order chi connectivity index (χ1) is 17.9. The van der Waals surface area contributed by atoms with Crippen LogP contribution < -0.4 is 4.74 Å². The van der Waals surface area contributed by atoms with Crippen molar-refractivity contribution < 1.29 is 19.4 Å². The normalized spacial score (nSPS) is 20.6. The summed E-state index contributed by atoms with van der Waals surface area (Å²) in [6.07, 6.45) is 7.76. The molecule has 196 valence electrons. The molecule has 1 fully saturated rings. The molecule has 2 amide bonds. The molecule has 0 aromatic carbocycles. The van der Waals surface area contributed by atoms with Crippen molar-refractivity contribution in [2.75, 3.05) is 26.7 Å². The maximum atomic E-state index is 13.6. The lowest BCUT2D eigenvalue weighted by molar-refractivity contribution is -0.130. The Bertz CT molecular complexity index is 1150. The largest absolute Gasteiger partial charge is 0.472 e. The number of carbonyl (C=O) groups is 2. The van der Waals surface area contributed by atoms with Gasteiger partial charge in [0.15, 0.2) is 0 Å². The molecule has 0 radical (unpaired) electrons. The van der Waals surface area contributed by atoms with E-state index in [9.17, 15) is 14.7 Å². The average molecular weight is 505 g/mol. The van der Waals surface area contributed by atoms with Crippen molar-refractivity contribution in [2.45, 2.75) is 58.1 Å². The topological polar surface area (TPSA) is 95.9 Å². The molecule has 0 unspecified atom stereocenters. The fourth-order valence-electron chi connectivity index (χ4n) is 4.81. The Morgan fingerprint density at radius 1 is 1.30 bits per heavy atom. The van der Waals surface area contributed by atoms with Crippen LogP contribution in [0, 0.1) is 23.7 Å². The van der Waals surface area contributed by atoms with Crippen LogP contribution >= 0.6 is 0 Å². The number of aliphatic hydroxyl groups excluding tert-OH is 1. The van der Waals surface area contributed by atoms with Crippen LogP contribution in [0.15, 0.2) is 36.7 Å². The number of carbonyl (C=O) groups excluding carboxylic acids is 2. The summed E-state index contributed by atoms with van der Waals surface area (Å²) in [6.45, 7) is 4.36. The molecular formula is C29H36N4O4. The smallest absolute Gasteiger partial charge is 0.259 e. The van der Waals surface area contributed by atoms with E-state index < -0.39 is 6.10 Å². The van der Waals surface area contributed by atoms with Gasteiger partial charge in [-0.2, -0.15) is 0 Å². The van der Waals surface area contributed by atoms with E-state index >= 15 is 0 Å². The van der Waals surface area contributed by atoms with E-state index in [1.54, 1.807) is 35.3 Å². The zero-order valence-corrected chi connectivity index (χ0v) is 21.9. The van der Waals surface area contributed by atoms with Gasteiger partial charge in [-0.3, -0.25) is 14.6 Å². The highest BCUT2D eigenvalue weighted by atomic mass is 16.5. The summed E-state index contributed by atoms with van der Waals surface area (Å²) in [5.74, 6) is 6.72. The summed E-state index contributed by atoms with van der Waals surface area (Å²) >= 11 is 0. The minimum absolute atomic E-state index is 0.0704. The van der Waals surface area contributed by atoms with Gasteiger partial charge >= 0.3 is 0 Å². The first-order valence-electron chi connectivity index (χ1n) is 13.1. The van der Waals surface area contributed by atoms with Crippen LogP contribution in [0.1, 0.15) is 61.1 Å². The lowest BCUT2D eigenvalue weighted by atomic mass is 9.99. The fourth-order valence-corrected chi connectivity index (χ4v) is 4.81. The third-order valence-electron chi connectivity index (χ3n) is 7.23. The van der Waals surface area contributed by atoms with E-state index in [0.717, 1.165) is 12.8 Å². The molecule has 1 saturated carbocycles. The van der Waals surface area contributed by atoms with Crippen molar-refractivity contribution in [3.8, 4) is 17.7 Å². The number of rotatable bonds is 6. The first-order valence-corrected chi connectivity index (χ1v) is 13.1. The predicted molar refractivity (Wildman–Crippen MR) is 140 cm³/mol. The number of amides is 2. The second-order valence-corrected chi connectivity index (χ2v) is 10.2. The fraction of sp³-hybridized carbons (Fsp3) is 0.517. The van der Waals surface area contributed by atoms with E-state index in [0.29, 0.717) is 35.8 Å². The van der Waals surface area contributed by atoms with E-state index in [2.05, 4.69) is 21.8 Å². The number of hydrogen-bond acceptors (Lipinski definition) is 6. The Morgan fingerprint density at radius 2 is 2.08 bits per heavy atom. The van der Waals surface area contributed by atoms with Gasteiger partial charge in [0.1, 0.15) is 11.7 Å². The summed E-state index contributed by atoms with van der Waals surface area (Å²) in [7, 11) is 1.75. The molecule has 2 aromatic rings. The number of nitrogens with zero attached hydrogens (tertiary/aromatic N) is 4. The average Bonchev–Trinajstić information content (AvgIpc) is 3.43. The molecule has 8 heteroatoms. The van der Waals surface area contributed by atoms with Crippen LogP contribution in [0.4, 0.5) is 0 Å². The van der Waals surface area contributed by atoms with E-state index in [1.807, 2.05) is 32.0 Å². The molecule has 2 aromatic heterocycles. The van der Waals surface area contributed by atoms with Gasteiger partial charge in [-0.15, -0.1) is 0 Å². The number of pyridine rings is 2. The van der Waals surface area contributed by atoms with Crippen molar-refractivity contribution in [3.63, 3.8) is 0 Å². The van der Waals surface area contributed by atoms with Crippen LogP contribution in [0.3, 0.4) is 0 Å². The minimum Gasteiger partial charge on any atom is -0.472 e. The Kier molecular flexibility index (Phi) is 8.78. The monoisotopic (exact) mass is 504 g/mol. The van der Waals surface area contributed by atoms with Gasteiger partial charge < -0.3 is 19.6 Å². The number of hydrogen-bond donors (Lipinski definition) is 1. The van der Waals surface area contributed by atoms with Crippen molar-refractivity contribution in [1.82, 2.24) is 19.8 Å². The molecule has 0 bridgehead atoms. The maximum Gasteiger partial charge on any atom is 0.259 e. The first kappa shape index (κ1) is 26.6. The molecule has 0 saturated heterocycles. The van der Waals surface area contributed by atoms with Crippen molar-refractivity contribution in [2.24, 2.45) is 11.8 Å². The lowest BCUT2D eigenvalue weighted by Crippen LogP contribution is -2.50. The summed E-state index contributed by atoms with van der Waals surface area (Å²) in [5, 5.41) is 9.86. The molecule has 4 rings (SSSR count). The molecule has 1 aliphatic heterocycles. The van der Waals surface area contributed by atoms with Crippen LogP contribution in [0.2, 0.25) is 0 Å². The van der Waals surface area contributed by atoms with Gasteiger partial charge in [0.2, 0.25) is 11.8 Å². The summed E-state index contributed by atoms with van der Waals surface area (Å²) in [4.78, 5) is 38.5. The van der Waals surface area contributed by atoms with Crippen LogP contribution in [-0.2, 0) is 11.2 Å². The molecular weight excluding hydrogens is 468 g/mol. The number of fused-ring (bicyclic) bond motifs is 1. The third-order valence-corrected chi connectivity index (χ3v) is 7.23. The van der Waals surface area contributed by atoms with Gasteiger partial charge in [0.25, 0.3) is 5.91 Å². The number of aliphatic hydroxyl groups is 1. The second kappa shape index (κ2) is 12.2. The maximum absolute atomic E-state index is 13.6. The molecule has 1 N–H and O–H groups in total. The summed E-state index contributed by atoms with van der Waals surface area (Å²) in [6, 6.07) is 6.87. The lowest BCUT2D eigenvalue weighted by Gasteiger charge is -2.37. The highest BCUT2D eigenvalue weighted by Crippen LogP contribution is 2.28. The van der Waals surface area contributed by atoms with Crippen molar-refractivity contribution in [1.29, 1.82) is 0 Å². The summed E-state index contributed by atoms with van der Waals surface area (Å²) in [5.41, 5.74) is 1.71. The molecule has 1 aliphatic carbocycles. The molecule has 2 aliphatic rings. The number of ether oxygens (including phenoxy) is 1. The Morgan fingerprint density at radius 3 is 2.78 bits per heavy atom. The Labute approximate surface area is 219 Å². The second-order valence-electron chi connectivity index (χ2n) is 10.2. The quantitative estimate of drug-likeness (QED) is 0.608. The minimum atomic E-state index is -0.402. The standard InChI is InChI=1S/C29H36N4O4/c1-20-17-33(21(2)19-34)29(36)25-14-23(12-11-22-8-4-5-9-22)16-31-28(25)37-26(20)18-32(3)27(35)15-24-10-6-7-13-30-24/h6-7,10,13-14,16,20-22,26,34H,4-5,8-9,15,17-19H2,1-3H3/t20-,21+,26-/m0/s1. The third kappa shape index (κ3) is 6.66. The van der Waals surface area contributed by atoms with Crippen LogP contribution in [0.5, 0.6) is 5.88 Å². The van der Waals surface area contributed by atoms with Gasteiger partial charge in [0.05, 0.1) is 25.6 Å². The van der Waals surface area contributed by atoms with Crippen LogP contribution in [0.25, 0.3) is 0 Å². The van der Waals surface area contributed by atoms with Gasteiger partial charge in [0, 0.05) is 49.1 Å². The zero-order valence-electron chi connectivity index (χ0n) is 21.9. The number of aromatic nitrogens is 2. The van der Waals surface area contributed by atoms with Gasteiger partial charge in [-0.05, 0) is 38.0 Å². The van der Waals surface area contributed by atoms with Crippen molar-refractivity contribution >= 4 is 11.8 Å². The van der Waals surface area contributed by atoms with E-state index in [1.165, 1.54) is 12.8 Å². The predicted octanol–water partition coefficient (Wildman–Crippen LogP) is 2.94.